The van der Waals surface area contributed by atoms with Gasteiger partial charge in [0, 0.05) is 6.04 Å². The van der Waals surface area contributed by atoms with Gasteiger partial charge >= 0.3 is 0 Å². The number of hydrogen-bond acceptors (Lipinski definition) is 1. The second-order valence-corrected chi connectivity index (χ2v) is 6.62. The Kier molecular flexibility index (Phi) is 5.56. The molecule has 3 heteroatoms. The summed E-state index contributed by atoms with van der Waals surface area (Å²) in [6.07, 6.45) is 7.46. The van der Waals surface area contributed by atoms with Gasteiger partial charge in [-0.05, 0) is 48.8 Å². The van der Waals surface area contributed by atoms with Crippen LogP contribution in [0, 0.1) is 11.8 Å². The van der Waals surface area contributed by atoms with Gasteiger partial charge in [-0.25, -0.2) is 0 Å². The average Bonchev–Trinajstić information content (AvgIpc) is 2.43. The maximum absolute atomic E-state index is 6.38. The van der Waals surface area contributed by atoms with Crippen LogP contribution in [0.1, 0.15) is 44.6 Å². The van der Waals surface area contributed by atoms with Crippen LogP contribution in [0.25, 0.3) is 0 Å². The summed E-state index contributed by atoms with van der Waals surface area (Å²) in [6, 6.07) is 6.09. The molecule has 2 N–H and O–H groups in total. The molecule has 19 heavy (non-hydrogen) atoms. The summed E-state index contributed by atoms with van der Waals surface area (Å²) in [5.74, 6) is 1.59. The third kappa shape index (κ3) is 4.11. The van der Waals surface area contributed by atoms with E-state index in [9.17, 15) is 0 Å². The van der Waals surface area contributed by atoms with Gasteiger partial charge in [0.2, 0.25) is 0 Å². The van der Waals surface area contributed by atoms with E-state index in [0.717, 1.165) is 12.3 Å². The minimum absolute atomic E-state index is 0.245. The SMILES string of the molecule is CCC1CCC(C(N)Cc2ccc(Cl)c(Cl)c2)CC1. The maximum atomic E-state index is 6.38. The molecule has 0 spiro atoms. The molecule has 1 aromatic carbocycles. The van der Waals surface area contributed by atoms with Gasteiger partial charge < -0.3 is 5.73 Å². The van der Waals surface area contributed by atoms with Gasteiger partial charge in [0.1, 0.15) is 0 Å². The molecule has 2 rings (SSSR count). The summed E-state index contributed by atoms with van der Waals surface area (Å²) < 4.78 is 0. The zero-order valence-electron chi connectivity index (χ0n) is 11.5. The van der Waals surface area contributed by atoms with Crippen LogP contribution in [-0.2, 0) is 6.42 Å². The Hall–Kier alpha value is -0.240. The monoisotopic (exact) mass is 299 g/mol. The highest BCUT2D eigenvalue weighted by Gasteiger charge is 2.24. The van der Waals surface area contributed by atoms with Crippen LogP contribution >= 0.6 is 23.2 Å². The normalized spacial score (nSPS) is 25.3. The van der Waals surface area contributed by atoms with Crippen molar-refractivity contribution in [3.8, 4) is 0 Å². The molecular formula is C16H23Cl2N. The van der Waals surface area contributed by atoms with E-state index in [1.165, 1.54) is 37.7 Å². The summed E-state index contributed by atoms with van der Waals surface area (Å²) >= 11 is 12.0. The van der Waals surface area contributed by atoms with Crippen LogP contribution in [0.15, 0.2) is 18.2 Å². The fraction of sp³-hybridized carbons (Fsp3) is 0.625. The van der Waals surface area contributed by atoms with Crippen molar-refractivity contribution >= 4 is 23.2 Å². The number of benzene rings is 1. The number of hydrogen-bond donors (Lipinski definition) is 1. The van der Waals surface area contributed by atoms with Crippen LogP contribution in [-0.4, -0.2) is 6.04 Å². The van der Waals surface area contributed by atoms with Gasteiger partial charge in [-0.2, -0.15) is 0 Å². The van der Waals surface area contributed by atoms with Crippen molar-refractivity contribution < 1.29 is 0 Å². The van der Waals surface area contributed by atoms with Crippen LogP contribution in [0.5, 0.6) is 0 Å². The molecule has 1 fully saturated rings. The second kappa shape index (κ2) is 6.97. The lowest BCUT2D eigenvalue weighted by molar-refractivity contribution is 0.238. The second-order valence-electron chi connectivity index (χ2n) is 5.81. The van der Waals surface area contributed by atoms with Crippen LogP contribution in [0.2, 0.25) is 10.0 Å². The Morgan fingerprint density at radius 3 is 2.42 bits per heavy atom. The minimum Gasteiger partial charge on any atom is -0.327 e. The van der Waals surface area contributed by atoms with Crippen molar-refractivity contribution in [3.63, 3.8) is 0 Å². The minimum atomic E-state index is 0.245. The van der Waals surface area contributed by atoms with Crippen molar-refractivity contribution in [1.29, 1.82) is 0 Å². The molecule has 1 saturated carbocycles. The van der Waals surface area contributed by atoms with E-state index in [1.807, 2.05) is 18.2 Å². The maximum Gasteiger partial charge on any atom is 0.0595 e. The van der Waals surface area contributed by atoms with Crippen molar-refractivity contribution in [2.45, 2.75) is 51.5 Å². The summed E-state index contributed by atoms with van der Waals surface area (Å²) in [6.45, 7) is 2.29. The average molecular weight is 300 g/mol. The molecule has 0 amide bonds. The number of rotatable bonds is 4. The molecule has 0 aromatic heterocycles. The lowest BCUT2D eigenvalue weighted by Crippen LogP contribution is -2.34. The first-order valence-corrected chi connectivity index (χ1v) is 8.05. The largest absolute Gasteiger partial charge is 0.327 e. The smallest absolute Gasteiger partial charge is 0.0595 e. The summed E-state index contributed by atoms with van der Waals surface area (Å²) in [7, 11) is 0. The van der Waals surface area contributed by atoms with E-state index < -0.39 is 0 Å². The van der Waals surface area contributed by atoms with E-state index >= 15 is 0 Å². The number of halogens is 2. The lowest BCUT2D eigenvalue weighted by atomic mass is 9.76. The van der Waals surface area contributed by atoms with Gasteiger partial charge in [-0.15, -0.1) is 0 Å². The Morgan fingerprint density at radius 1 is 1.16 bits per heavy atom. The highest BCUT2D eigenvalue weighted by Crippen LogP contribution is 2.33. The lowest BCUT2D eigenvalue weighted by Gasteiger charge is -2.31. The third-order valence-electron chi connectivity index (χ3n) is 4.53. The van der Waals surface area contributed by atoms with Crippen molar-refractivity contribution in [2.24, 2.45) is 17.6 Å². The number of nitrogens with two attached hydrogens (primary N) is 1. The van der Waals surface area contributed by atoms with Gasteiger partial charge in [0.15, 0.2) is 0 Å². The van der Waals surface area contributed by atoms with E-state index in [0.29, 0.717) is 16.0 Å². The molecule has 0 heterocycles. The zero-order chi connectivity index (χ0) is 13.8. The quantitative estimate of drug-likeness (QED) is 0.824. The summed E-state index contributed by atoms with van der Waals surface area (Å²) in [5.41, 5.74) is 7.57. The fourth-order valence-corrected chi connectivity index (χ4v) is 3.45. The highest BCUT2D eigenvalue weighted by molar-refractivity contribution is 6.42. The van der Waals surface area contributed by atoms with Gasteiger partial charge in [-0.3, -0.25) is 0 Å². The molecule has 1 atom stereocenters. The molecule has 0 saturated heterocycles. The molecular weight excluding hydrogens is 277 g/mol. The van der Waals surface area contributed by atoms with E-state index in [1.54, 1.807) is 0 Å². The molecule has 1 nitrogen and oxygen atoms in total. The molecule has 1 aromatic rings. The Labute approximate surface area is 126 Å². The van der Waals surface area contributed by atoms with E-state index in [4.69, 9.17) is 28.9 Å². The first kappa shape index (κ1) is 15.2. The fourth-order valence-electron chi connectivity index (χ4n) is 3.13. The molecule has 1 aliphatic rings. The van der Waals surface area contributed by atoms with E-state index in [2.05, 4.69) is 6.92 Å². The van der Waals surface area contributed by atoms with Crippen molar-refractivity contribution in [1.82, 2.24) is 0 Å². The zero-order valence-corrected chi connectivity index (χ0v) is 13.1. The molecule has 1 unspecified atom stereocenters. The van der Waals surface area contributed by atoms with Crippen molar-refractivity contribution in [3.05, 3.63) is 33.8 Å². The standard InChI is InChI=1S/C16H23Cl2N/c1-2-11-3-6-13(7-4-11)16(19)10-12-5-8-14(17)15(18)9-12/h5,8-9,11,13,16H,2-4,6-7,10,19H2,1H3. The highest BCUT2D eigenvalue weighted by atomic mass is 35.5. The van der Waals surface area contributed by atoms with Gasteiger partial charge in [0.25, 0.3) is 0 Å². The first-order valence-electron chi connectivity index (χ1n) is 7.29. The Bertz CT molecular complexity index is 411. The molecule has 106 valence electrons. The van der Waals surface area contributed by atoms with E-state index in [-0.39, 0.29) is 6.04 Å². The van der Waals surface area contributed by atoms with Gasteiger partial charge in [0.05, 0.1) is 10.0 Å². The molecule has 0 radical (unpaired) electrons. The third-order valence-corrected chi connectivity index (χ3v) is 5.27. The van der Waals surface area contributed by atoms with Crippen LogP contribution < -0.4 is 5.73 Å². The summed E-state index contributed by atoms with van der Waals surface area (Å²) in [5, 5.41) is 1.24. The van der Waals surface area contributed by atoms with Gasteiger partial charge in [-0.1, -0.05) is 55.5 Å². The Morgan fingerprint density at radius 2 is 1.84 bits per heavy atom. The molecule has 0 bridgehead atoms. The predicted molar refractivity (Wildman–Crippen MR) is 83.9 cm³/mol. The Balaban J connectivity index is 1.90. The topological polar surface area (TPSA) is 26.0 Å². The van der Waals surface area contributed by atoms with Crippen molar-refractivity contribution in [2.75, 3.05) is 0 Å². The van der Waals surface area contributed by atoms with Crippen LogP contribution in [0.4, 0.5) is 0 Å². The predicted octanol–water partition coefficient (Wildman–Crippen LogP) is 5.08. The molecule has 1 aliphatic carbocycles. The molecule has 0 aliphatic heterocycles. The van der Waals surface area contributed by atoms with Crippen LogP contribution in [0.3, 0.4) is 0 Å². The summed E-state index contributed by atoms with van der Waals surface area (Å²) in [4.78, 5) is 0. The first-order chi connectivity index (χ1) is 9.10.